The van der Waals surface area contributed by atoms with Crippen molar-refractivity contribution in [2.45, 2.75) is 25.7 Å². The summed E-state index contributed by atoms with van der Waals surface area (Å²) in [5, 5.41) is 8.47. The Morgan fingerprint density at radius 1 is 1.47 bits per heavy atom. The highest BCUT2D eigenvalue weighted by molar-refractivity contribution is 5.67. The van der Waals surface area contributed by atoms with Gasteiger partial charge in [0.25, 0.3) is 0 Å². The number of rotatable bonds is 4. The minimum atomic E-state index is -2.75. The minimum absolute atomic E-state index is 0.0120. The van der Waals surface area contributed by atoms with Crippen molar-refractivity contribution in [2.75, 3.05) is 0 Å². The van der Waals surface area contributed by atoms with E-state index in [1.807, 2.05) is 0 Å². The summed E-state index contributed by atoms with van der Waals surface area (Å²) in [4.78, 5) is 17.9. The first-order chi connectivity index (χ1) is 7.00. The number of carbonyl (C=O) groups is 1. The highest BCUT2D eigenvalue weighted by atomic mass is 19.3. The van der Waals surface area contributed by atoms with Gasteiger partial charge in [-0.2, -0.15) is 0 Å². The zero-order valence-electron chi connectivity index (χ0n) is 8.02. The number of aliphatic carboxylic acids is 1. The molecule has 0 radical (unpaired) electrons. The van der Waals surface area contributed by atoms with Crippen molar-refractivity contribution in [3.63, 3.8) is 0 Å². The zero-order valence-corrected chi connectivity index (χ0v) is 8.02. The molecule has 0 saturated heterocycles. The largest absolute Gasteiger partial charge is 0.481 e. The van der Waals surface area contributed by atoms with Crippen LogP contribution in [0, 0.1) is 6.92 Å². The van der Waals surface area contributed by atoms with Gasteiger partial charge < -0.3 is 5.11 Å². The van der Waals surface area contributed by atoms with Gasteiger partial charge in [0.2, 0.25) is 6.43 Å². The highest BCUT2D eigenvalue weighted by Crippen LogP contribution is 2.24. The molecule has 0 fully saturated rings. The second-order valence-electron chi connectivity index (χ2n) is 3.12. The molecule has 0 aromatic carbocycles. The van der Waals surface area contributed by atoms with Crippen LogP contribution in [-0.4, -0.2) is 27.5 Å². The summed E-state index contributed by atoms with van der Waals surface area (Å²) in [5.41, 5.74) is 0.611. The Balaban J connectivity index is 2.88. The van der Waals surface area contributed by atoms with E-state index >= 15 is 0 Å². The summed E-state index contributed by atoms with van der Waals surface area (Å²) in [7, 11) is 0. The SMILES string of the molecule is Cc1cnc(C(CC(=O)O)C(F)F)cn1. The maximum atomic E-state index is 12.5. The van der Waals surface area contributed by atoms with Gasteiger partial charge in [-0.25, -0.2) is 8.78 Å². The Hall–Kier alpha value is -1.59. The first-order valence-corrected chi connectivity index (χ1v) is 4.29. The van der Waals surface area contributed by atoms with Gasteiger partial charge >= 0.3 is 5.97 Å². The molecule has 6 heteroatoms. The second kappa shape index (κ2) is 4.77. The minimum Gasteiger partial charge on any atom is -0.481 e. The lowest BCUT2D eigenvalue weighted by Gasteiger charge is -2.12. The lowest BCUT2D eigenvalue weighted by molar-refractivity contribution is -0.138. The number of carboxylic acid groups (broad SMARTS) is 1. The first-order valence-electron chi connectivity index (χ1n) is 4.29. The van der Waals surface area contributed by atoms with Crippen molar-refractivity contribution in [1.82, 2.24) is 9.97 Å². The van der Waals surface area contributed by atoms with Crippen molar-refractivity contribution in [2.24, 2.45) is 0 Å². The van der Waals surface area contributed by atoms with Crippen LogP contribution < -0.4 is 0 Å². The van der Waals surface area contributed by atoms with E-state index in [4.69, 9.17) is 5.11 Å². The van der Waals surface area contributed by atoms with E-state index in [0.717, 1.165) is 0 Å². The molecule has 1 heterocycles. The molecule has 82 valence electrons. The predicted octanol–water partition coefficient (Wildman–Crippen LogP) is 1.61. The molecular formula is C9H10F2N2O2. The van der Waals surface area contributed by atoms with Crippen molar-refractivity contribution >= 4 is 5.97 Å². The van der Waals surface area contributed by atoms with E-state index in [1.165, 1.54) is 12.4 Å². The molecule has 4 nitrogen and oxygen atoms in total. The molecule has 1 rings (SSSR count). The fourth-order valence-corrected chi connectivity index (χ4v) is 1.10. The molecule has 0 bridgehead atoms. The molecule has 1 unspecified atom stereocenters. The van der Waals surface area contributed by atoms with Gasteiger partial charge in [0.05, 0.1) is 23.7 Å². The molecule has 0 spiro atoms. The summed E-state index contributed by atoms with van der Waals surface area (Å²) in [5.74, 6) is -2.67. The van der Waals surface area contributed by atoms with E-state index in [-0.39, 0.29) is 5.69 Å². The molecular weight excluding hydrogens is 206 g/mol. The predicted molar refractivity (Wildman–Crippen MR) is 47.8 cm³/mol. The Bertz CT molecular complexity index is 340. The molecule has 0 saturated carbocycles. The molecule has 0 aliphatic rings. The average Bonchev–Trinajstić information content (AvgIpc) is 2.15. The van der Waals surface area contributed by atoms with Crippen LogP contribution in [0.2, 0.25) is 0 Å². The number of nitrogens with zero attached hydrogens (tertiary/aromatic N) is 2. The van der Waals surface area contributed by atoms with Crippen LogP contribution in [0.3, 0.4) is 0 Å². The van der Waals surface area contributed by atoms with Gasteiger partial charge in [-0.3, -0.25) is 14.8 Å². The maximum absolute atomic E-state index is 12.5. The van der Waals surface area contributed by atoms with Crippen LogP contribution >= 0.6 is 0 Å². The lowest BCUT2D eigenvalue weighted by Crippen LogP contribution is -2.15. The van der Waals surface area contributed by atoms with Crippen LogP contribution in [0.15, 0.2) is 12.4 Å². The fourth-order valence-electron chi connectivity index (χ4n) is 1.10. The van der Waals surface area contributed by atoms with E-state index in [0.29, 0.717) is 5.69 Å². The molecule has 1 aromatic heterocycles. The van der Waals surface area contributed by atoms with Crippen molar-refractivity contribution in [1.29, 1.82) is 0 Å². The smallest absolute Gasteiger partial charge is 0.304 e. The maximum Gasteiger partial charge on any atom is 0.304 e. The van der Waals surface area contributed by atoms with Crippen LogP contribution in [0.1, 0.15) is 23.7 Å². The molecule has 0 aliphatic carbocycles. The number of alkyl halides is 2. The quantitative estimate of drug-likeness (QED) is 0.830. The molecule has 1 atom stereocenters. The molecule has 15 heavy (non-hydrogen) atoms. The topological polar surface area (TPSA) is 63.1 Å². The number of carboxylic acids is 1. The standard InChI is InChI=1S/C9H10F2N2O2/c1-5-3-13-7(4-12-5)6(9(10)11)2-8(14)15/h3-4,6,9H,2H2,1H3,(H,14,15). The Kier molecular flexibility index (Phi) is 3.65. The number of halogens is 2. The van der Waals surface area contributed by atoms with E-state index in [9.17, 15) is 13.6 Å². The zero-order chi connectivity index (χ0) is 11.4. The average molecular weight is 216 g/mol. The molecule has 0 amide bonds. The van der Waals surface area contributed by atoms with Gasteiger partial charge in [0.15, 0.2) is 0 Å². The van der Waals surface area contributed by atoms with Crippen LogP contribution in [0.4, 0.5) is 8.78 Å². The monoisotopic (exact) mass is 216 g/mol. The number of aromatic nitrogens is 2. The van der Waals surface area contributed by atoms with Gasteiger partial charge in [0, 0.05) is 12.4 Å². The normalized spacial score (nSPS) is 12.8. The van der Waals surface area contributed by atoms with E-state index in [1.54, 1.807) is 6.92 Å². The van der Waals surface area contributed by atoms with E-state index in [2.05, 4.69) is 9.97 Å². The molecule has 0 aliphatic heterocycles. The van der Waals surface area contributed by atoms with Crippen LogP contribution in [-0.2, 0) is 4.79 Å². The van der Waals surface area contributed by atoms with Crippen molar-refractivity contribution < 1.29 is 18.7 Å². The third-order valence-electron chi connectivity index (χ3n) is 1.88. The molecule has 1 N–H and O–H groups in total. The van der Waals surface area contributed by atoms with Gasteiger partial charge in [0.1, 0.15) is 0 Å². The summed E-state index contributed by atoms with van der Waals surface area (Å²) in [6, 6.07) is 0. The van der Waals surface area contributed by atoms with Gasteiger partial charge in [-0.05, 0) is 6.92 Å². The number of hydrogen-bond donors (Lipinski definition) is 1. The highest BCUT2D eigenvalue weighted by Gasteiger charge is 2.26. The Morgan fingerprint density at radius 2 is 2.13 bits per heavy atom. The summed E-state index contributed by atoms with van der Waals surface area (Å²) < 4.78 is 25.0. The van der Waals surface area contributed by atoms with Crippen LogP contribution in [0.5, 0.6) is 0 Å². The summed E-state index contributed by atoms with van der Waals surface area (Å²) in [6.07, 6.45) is -0.866. The summed E-state index contributed by atoms with van der Waals surface area (Å²) >= 11 is 0. The number of aryl methyl sites for hydroxylation is 1. The van der Waals surface area contributed by atoms with Crippen molar-refractivity contribution in [3.8, 4) is 0 Å². The Labute approximate surface area is 85.0 Å². The van der Waals surface area contributed by atoms with Crippen molar-refractivity contribution in [3.05, 3.63) is 23.8 Å². The van der Waals surface area contributed by atoms with Crippen LogP contribution in [0.25, 0.3) is 0 Å². The van der Waals surface area contributed by atoms with E-state index < -0.39 is 24.7 Å². The third kappa shape index (κ3) is 3.23. The third-order valence-corrected chi connectivity index (χ3v) is 1.88. The van der Waals surface area contributed by atoms with Gasteiger partial charge in [-0.15, -0.1) is 0 Å². The first kappa shape index (κ1) is 11.5. The molecule has 1 aromatic rings. The second-order valence-corrected chi connectivity index (χ2v) is 3.12. The Morgan fingerprint density at radius 3 is 2.53 bits per heavy atom. The fraction of sp³-hybridized carbons (Fsp3) is 0.444. The number of hydrogen-bond acceptors (Lipinski definition) is 3. The lowest BCUT2D eigenvalue weighted by atomic mass is 10.0. The summed E-state index contributed by atoms with van der Waals surface area (Å²) in [6.45, 7) is 1.67. The van der Waals surface area contributed by atoms with Gasteiger partial charge in [-0.1, -0.05) is 0 Å².